The summed E-state index contributed by atoms with van der Waals surface area (Å²) in [6, 6.07) is 0. The summed E-state index contributed by atoms with van der Waals surface area (Å²) in [4.78, 5) is 0. The maximum atomic E-state index is 11.7. The predicted octanol–water partition coefficient (Wildman–Crippen LogP) is 1.57. The highest BCUT2D eigenvalue weighted by atomic mass is 19.4. The second-order valence-corrected chi connectivity index (χ2v) is 2.86. The average Bonchev–Trinajstić information content (AvgIpc) is 2.42. The maximum absolute atomic E-state index is 11.7. The molecule has 1 saturated carbocycles. The van der Waals surface area contributed by atoms with Gasteiger partial charge in [-0.25, -0.2) is 0 Å². The molecule has 0 heterocycles. The molecule has 0 aromatic rings. The van der Waals surface area contributed by atoms with Crippen molar-refractivity contribution in [2.45, 2.75) is 25.6 Å². The van der Waals surface area contributed by atoms with E-state index in [1.807, 2.05) is 0 Å². The van der Waals surface area contributed by atoms with Gasteiger partial charge in [0.15, 0.2) is 6.10 Å². The van der Waals surface area contributed by atoms with Crippen molar-refractivity contribution in [3.05, 3.63) is 0 Å². The van der Waals surface area contributed by atoms with Crippen LogP contribution in [0.15, 0.2) is 0 Å². The molecular weight excluding hydrogens is 145 g/mol. The van der Waals surface area contributed by atoms with Crippen molar-refractivity contribution in [1.82, 2.24) is 0 Å². The second-order valence-electron chi connectivity index (χ2n) is 2.86. The lowest BCUT2D eigenvalue weighted by molar-refractivity contribution is -0.210. The zero-order valence-electron chi connectivity index (χ0n) is 5.52. The Balaban J connectivity index is 2.42. The first kappa shape index (κ1) is 7.85. The smallest absolute Gasteiger partial charge is 0.383 e. The molecule has 0 aliphatic heterocycles. The summed E-state index contributed by atoms with van der Waals surface area (Å²) in [6.45, 7) is 1.71. The van der Waals surface area contributed by atoms with Gasteiger partial charge < -0.3 is 5.11 Å². The van der Waals surface area contributed by atoms with E-state index in [0.29, 0.717) is 6.42 Å². The average molecular weight is 154 g/mol. The van der Waals surface area contributed by atoms with Crippen LogP contribution in [0.5, 0.6) is 0 Å². The fraction of sp³-hybridized carbons (Fsp3) is 1.00. The number of aliphatic hydroxyl groups is 1. The molecule has 1 aliphatic rings. The Morgan fingerprint density at radius 3 is 2.00 bits per heavy atom. The first-order valence-corrected chi connectivity index (χ1v) is 3.17. The first-order valence-electron chi connectivity index (χ1n) is 3.17. The van der Waals surface area contributed by atoms with Crippen molar-refractivity contribution in [1.29, 1.82) is 0 Å². The van der Waals surface area contributed by atoms with E-state index < -0.39 is 18.2 Å². The standard InChI is InChI=1S/C6H9F3O/c1-3-2-4(3)5(10)6(7,8)9/h3-5,10H,2H2,1H3/t3?,4?,5-/m0/s1. The molecule has 2 unspecified atom stereocenters. The minimum atomic E-state index is -4.42. The van der Waals surface area contributed by atoms with E-state index in [1.54, 1.807) is 6.92 Å². The first-order chi connectivity index (χ1) is 4.43. The van der Waals surface area contributed by atoms with Crippen molar-refractivity contribution < 1.29 is 18.3 Å². The van der Waals surface area contributed by atoms with Crippen LogP contribution in [0, 0.1) is 11.8 Å². The molecule has 4 heteroatoms. The van der Waals surface area contributed by atoms with Crippen LogP contribution in [0.3, 0.4) is 0 Å². The van der Waals surface area contributed by atoms with E-state index >= 15 is 0 Å². The Morgan fingerprint density at radius 1 is 1.50 bits per heavy atom. The van der Waals surface area contributed by atoms with Crippen molar-refractivity contribution in [2.24, 2.45) is 11.8 Å². The van der Waals surface area contributed by atoms with E-state index in [1.165, 1.54) is 0 Å². The van der Waals surface area contributed by atoms with Crippen LogP contribution in [-0.4, -0.2) is 17.4 Å². The highest BCUT2D eigenvalue weighted by molar-refractivity contribution is 4.91. The summed E-state index contributed by atoms with van der Waals surface area (Å²) < 4.78 is 35.0. The van der Waals surface area contributed by atoms with Gasteiger partial charge in [-0.3, -0.25) is 0 Å². The van der Waals surface area contributed by atoms with Crippen LogP contribution in [0.2, 0.25) is 0 Å². The summed E-state index contributed by atoms with van der Waals surface area (Å²) in [6.07, 6.45) is -6.02. The monoisotopic (exact) mass is 154 g/mol. The molecule has 0 saturated heterocycles. The zero-order valence-corrected chi connectivity index (χ0v) is 5.52. The van der Waals surface area contributed by atoms with Crippen LogP contribution in [0.1, 0.15) is 13.3 Å². The number of hydrogen-bond donors (Lipinski definition) is 1. The lowest BCUT2D eigenvalue weighted by Gasteiger charge is -2.12. The lowest BCUT2D eigenvalue weighted by Crippen LogP contribution is -2.30. The molecule has 10 heavy (non-hydrogen) atoms. The predicted molar refractivity (Wildman–Crippen MR) is 29.3 cm³/mol. The van der Waals surface area contributed by atoms with Gasteiger partial charge in [0, 0.05) is 0 Å². The third kappa shape index (κ3) is 1.42. The van der Waals surface area contributed by atoms with E-state index in [9.17, 15) is 13.2 Å². The maximum Gasteiger partial charge on any atom is 0.414 e. The summed E-state index contributed by atoms with van der Waals surface area (Å²) >= 11 is 0. The lowest BCUT2D eigenvalue weighted by atomic mass is 10.2. The molecule has 0 bridgehead atoms. The molecule has 0 aromatic carbocycles. The van der Waals surface area contributed by atoms with Gasteiger partial charge in [-0.2, -0.15) is 13.2 Å². The van der Waals surface area contributed by atoms with Crippen LogP contribution in [-0.2, 0) is 0 Å². The molecule has 1 fully saturated rings. The number of halogens is 3. The number of aliphatic hydroxyl groups excluding tert-OH is 1. The molecular formula is C6H9F3O. The third-order valence-corrected chi connectivity index (χ3v) is 1.91. The molecule has 0 radical (unpaired) electrons. The van der Waals surface area contributed by atoms with Gasteiger partial charge in [-0.05, 0) is 18.3 Å². The molecule has 3 atom stereocenters. The SMILES string of the molecule is CC1CC1[C@H](O)C(F)(F)F. The molecule has 0 amide bonds. The van der Waals surface area contributed by atoms with Crippen LogP contribution < -0.4 is 0 Å². The molecule has 1 rings (SSSR count). The number of rotatable bonds is 1. The zero-order chi connectivity index (χ0) is 7.94. The Kier molecular flexibility index (Phi) is 1.66. The van der Waals surface area contributed by atoms with E-state index in [4.69, 9.17) is 5.11 Å². The van der Waals surface area contributed by atoms with Gasteiger partial charge in [-0.1, -0.05) is 6.92 Å². The fourth-order valence-electron chi connectivity index (χ4n) is 1.03. The van der Waals surface area contributed by atoms with Crippen molar-refractivity contribution in [3.8, 4) is 0 Å². The van der Waals surface area contributed by atoms with Gasteiger partial charge in [-0.15, -0.1) is 0 Å². The molecule has 0 aromatic heterocycles. The van der Waals surface area contributed by atoms with Gasteiger partial charge in [0.25, 0.3) is 0 Å². The Labute approximate surface area is 56.8 Å². The molecule has 0 spiro atoms. The topological polar surface area (TPSA) is 20.2 Å². The summed E-state index contributed by atoms with van der Waals surface area (Å²) in [5.41, 5.74) is 0. The van der Waals surface area contributed by atoms with E-state index in [-0.39, 0.29) is 5.92 Å². The van der Waals surface area contributed by atoms with Crippen LogP contribution >= 0.6 is 0 Å². The normalized spacial score (nSPS) is 35.7. The Hall–Kier alpha value is -0.250. The number of alkyl halides is 3. The molecule has 1 N–H and O–H groups in total. The third-order valence-electron chi connectivity index (χ3n) is 1.91. The largest absolute Gasteiger partial charge is 0.414 e. The van der Waals surface area contributed by atoms with Crippen molar-refractivity contribution in [2.75, 3.05) is 0 Å². The second kappa shape index (κ2) is 2.12. The van der Waals surface area contributed by atoms with E-state index in [0.717, 1.165) is 0 Å². The molecule has 1 aliphatic carbocycles. The van der Waals surface area contributed by atoms with Gasteiger partial charge >= 0.3 is 6.18 Å². The summed E-state index contributed by atoms with van der Waals surface area (Å²) in [7, 11) is 0. The van der Waals surface area contributed by atoms with Gasteiger partial charge in [0.1, 0.15) is 0 Å². The minimum Gasteiger partial charge on any atom is -0.383 e. The van der Waals surface area contributed by atoms with Gasteiger partial charge in [0.05, 0.1) is 0 Å². The highest BCUT2D eigenvalue weighted by Gasteiger charge is 2.51. The van der Waals surface area contributed by atoms with Gasteiger partial charge in [0.2, 0.25) is 0 Å². The van der Waals surface area contributed by atoms with Crippen LogP contribution in [0.4, 0.5) is 13.2 Å². The van der Waals surface area contributed by atoms with Crippen LogP contribution in [0.25, 0.3) is 0 Å². The van der Waals surface area contributed by atoms with Crippen molar-refractivity contribution in [3.63, 3.8) is 0 Å². The van der Waals surface area contributed by atoms with E-state index in [2.05, 4.69) is 0 Å². The van der Waals surface area contributed by atoms with Crippen molar-refractivity contribution >= 4 is 0 Å². The Bertz CT molecular complexity index is 131. The summed E-state index contributed by atoms with van der Waals surface area (Å²) in [5, 5.41) is 8.57. The molecule has 60 valence electrons. The molecule has 1 nitrogen and oxygen atoms in total. The minimum absolute atomic E-state index is 0.0385. The highest BCUT2D eigenvalue weighted by Crippen LogP contribution is 2.45. The number of hydrogen-bond acceptors (Lipinski definition) is 1. The summed E-state index contributed by atoms with van der Waals surface area (Å²) in [5.74, 6) is -0.503. The Morgan fingerprint density at radius 2 is 1.90 bits per heavy atom. The fourth-order valence-corrected chi connectivity index (χ4v) is 1.03. The quantitative estimate of drug-likeness (QED) is 0.607.